The number of hydrogen-bond acceptors (Lipinski definition) is 6. The molecule has 3 rings (SSSR count). The fourth-order valence-corrected chi connectivity index (χ4v) is 2.53. The second-order valence-corrected chi connectivity index (χ2v) is 4.26. The number of rotatable bonds is 1. The maximum atomic E-state index is 10.6. The molecule has 0 unspecified atom stereocenters. The highest BCUT2D eigenvalue weighted by Crippen LogP contribution is 2.46. The third-order valence-electron chi connectivity index (χ3n) is 3.32. The van der Waals surface area contributed by atoms with Gasteiger partial charge in [0.1, 0.15) is 12.1 Å². The van der Waals surface area contributed by atoms with Crippen molar-refractivity contribution in [3.05, 3.63) is 10.1 Å². The number of nitro groups is 1. The summed E-state index contributed by atoms with van der Waals surface area (Å²) in [5.41, 5.74) is -0.928. The van der Waals surface area contributed by atoms with E-state index in [1.165, 1.54) is 4.68 Å². The average Bonchev–Trinajstić information content (AvgIpc) is 2.84. The van der Waals surface area contributed by atoms with Crippen LogP contribution in [-0.2, 0) is 0 Å². The zero-order valence-electron chi connectivity index (χ0n) is 8.87. The van der Waals surface area contributed by atoms with Gasteiger partial charge in [0.2, 0.25) is 5.60 Å². The minimum atomic E-state index is -0.928. The second kappa shape index (κ2) is 3.16. The zero-order valence-corrected chi connectivity index (χ0v) is 8.87. The lowest BCUT2D eigenvalue weighted by molar-refractivity contribution is -0.394. The van der Waals surface area contributed by atoms with Gasteiger partial charge in [-0.25, -0.2) is 0 Å². The van der Waals surface area contributed by atoms with Crippen molar-refractivity contribution in [3.8, 4) is 12.1 Å². The van der Waals surface area contributed by atoms with E-state index in [9.17, 15) is 15.4 Å². The highest BCUT2D eigenvalue weighted by atomic mass is 16.6. The number of aromatic nitrogens is 3. The molecule has 1 aromatic rings. The molecule has 1 fully saturated rings. The van der Waals surface area contributed by atoms with Crippen LogP contribution in [0.1, 0.15) is 31.7 Å². The molecule has 0 saturated heterocycles. The van der Waals surface area contributed by atoms with Crippen LogP contribution in [0.25, 0.3) is 0 Å². The molecule has 2 aliphatic rings. The second-order valence-electron chi connectivity index (χ2n) is 4.26. The van der Waals surface area contributed by atoms with Crippen LogP contribution in [0.15, 0.2) is 0 Å². The third kappa shape index (κ3) is 1.22. The highest BCUT2D eigenvalue weighted by Gasteiger charge is 2.55. The lowest BCUT2D eigenvalue weighted by Gasteiger charge is -2.29. The largest absolute Gasteiger partial charge is 0.494 e. The van der Waals surface area contributed by atoms with E-state index in [0.29, 0.717) is 6.42 Å². The first-order valence-electron chi connectivity index (χ1n) is 5.37. The van der Waals surface area contributed by atoms with Crippen LogP contribution in [0.4, 0.5) is 5.95 Å². The van der Waals surface area contributed by atoms with Crippen molar-refractivity contribution in [2.24, 2.45) is 0 Å². The molecule has 1 saturated carbocycles. The summed E-state index contributed by atoms with van der Waals surface area (Å²) in [7, 11) is 0. The van der Waals surface area contributed by atoms with E-state index in [4.69, 9.17) is 4.74 Å². The van der Waals surface area contributed by atoms with Crippen LogP contribution >= 0.6 is 0 Å². The Labute approximate surface area is 96.0 Å². The van der Waals surface area contributed by atoms with E-state index in [2.05, 4.69) is 16.2 Å². The number of ether oxygens (including phenoxy) is 1. The van der Waals surface area contributed by atoms with E-state index in [0.717, 1.165) is 19.3 Å². The molecule has 0 amide bonds. The van der Waals surface area contributed by atoms with Gasteiger partial charge in [0.25, 0.3) is 0 Å². The minimum absolute atomic E-state index is 0.0881. The summed E-state index contributed by atoms with van der Waals surface area (Å²) in [6.07, 6.45) is 3.23. The SMILES string of the molecule is N#C[C@@]12CCCC[C@H]1n1nc([N+](=O)[O-])nc1O2. The van der Waals surface area contributed by atoms with Gasteiger partial charge >= 0.3 is 12.0 Å². The number of nitriles is 1. The molecular weight excluding hydrogens is 226 g/mol. The van der Waals surface area contributed by atoms with Crippen molar-refractivity contribution < 1.29 is 9.66 Å². The first-order chi connectivity index (χ1) is 8.16. The van der Waals surface area contributed by atoms with Gasteiger partial charge in [-0.3, -0.25) is 0 Å². The van der Waals surface area contributed by atoms with E-state index < -0.39 is 16.5 Å². The van der Waals surface area contributed by atoms with Crippen LogP contribution in [-0.4, -0.2) is 25.3 Å². The lowest BCUT2D eigenvalue weighted by Crippen LogP contribution is -2.40. The third-order valence-corrected chi connectivity index (χ3v) is 3.32. The van der Waals surface area contributed by atoms with Crippen LogP contribution in [0.3, 0.4) is 0 Å². The van der Waals surface area contributed by atoms with Gasteiger partial charge in [0, 0.05) is 11.5 Å². The fourth-order valence-electron chi connectivity index (χ4n) is 2.53. The molecule has 88 valence electrons. The quantitative estimate of drug-likeness (QED) is 0.529. The van der Waals surface area contributed by atoms with Gasteiger partial charge in [-0.1, -0.05) is 6.42 Å². The molecule has 0 aromatic carbocycles. The monoisotopic (exact) mass is 235 g/mol. The van der Waals surface area contributed by atoms with E-state index in [-0.39, 0.29) is 12.1 Å². The predicted octanol–water partition coefficient (Wildman–Crippen LogP) is 0.956. The van der Waals surface area contributed by atoms with Crippen molar-refractivity contribution in [1.82, 2.24) is 14.8 Å². The van der Waals surface area contributed by atoms with E-state index >= 15 is 0 Å². The van der Waals surface area contributed by atoms with Crippen molar-refractivity contribution >= 4 is 5.95 Å². The number of hydrogen-bond donors (Lipinski definition) is 0. The molecule has 17 heavy (non-hydrogen) atoms. The number of fused-ring (bicyclic) bond motifs is 3. The van der Waals surface area contributed by atoms with Gasteiger partial charge < -0.3 is 14.9 Å². The van der Waals surface area contributed by atoms with Gasteiger partial charge in [-0.05, 0) is 22.7 Å². The zero-order chi connectivity index (χ0) is 12.0. The Bertz CT molecular complexity index is 533. The molecule has 0 radical (unpaired) electrons. The van der Waals surface area contributed by atoms with Crippen molar-refractivity contribution in [3.63, 3.8) is 0 Å². The summed E-state index contributed by atoms with van der Waals surface area (Å²) in [6.45, 7) is 0. The fraction of sp³-hybridized carbons (Fsp3) is 0.667. The van der Waals surface area contributed by atoms with Gasteiger partial charge in [0.15, 0.2) is 0 Å². The summed E-state index contributed by atoms with van der Waals surface area (Å²) in [4.78, 5) is 13.6. The Morgan fingerprint density at radius 3 is 3.18 bits per heavy atom. The Balaban J connectivity index is 2.04. The van der Waals surface area contributed by atoms with Gasteiger partial charge in [-0.15, -0.1) is 4.68 Å². The minimum Gasteiger partial charge on any atom is -0.426 e. The normalized spacial score (nSPS) is 29.9. The van der Waals surface area contributed by atoms with Crippen LogP contribution in [0.5, 0.6) is 6.01 Å². The smallest absolute Gasteiger partial charge is 0.426 e. The Morgan fingerprint density at radius 1 is 1.65 bits per heavy atom. The van der Waals surface area contributed by atoms with Crippen LogP contribution in [0.2, 0.25) is 0 Å². The summed E-state index contributed by atoms with van der Waals surface area (Å²) in [5.74, 6) is -0.475. The summed E-state index contributed by atoms with van der Waals surface area (Å²) < 4.78 is 6.89. The standard InChI is InChI=1S/C9H9N5O3/c10-5-9-4-2-1-3-6(9)13-8(17-9)11-7(12-13)14(15)16/h6H,1-4H2/t6-,9+/m1/s1. The Morgan fingerprint density at radius 2 is 2.47 bits per heavy atom. The topological polar surface area (TPSA) is 107 Å². The molecule has 2 heterocycles. The maximum Gasteiger partial charge on any atom is 0.494 e. The first-order valence-corrected chi connectivity index (χ1v) is 5.37. The molecule has 1 aliphatic carbocycles. The van der Waals surface area contributed by atoms with E-state index in [1.54, 1.807) is 0 Å². The molecule has 1 aromatic heterocycles. The average molecular weight is 235 g/mol. The summed E-state index contributed by atoms with van der Waals surface area (Å²) in [5, 5.41) is 23.6. The summed E-state index contributed by atoms with van der Waals surface area (Å²) >= 11 is 0. The molecule has 1 aliphatic heterocycles. The Hall–Kier alpha value is -2.17. The maximum absolute atomic E-state index is 10.6. The molecule has 0 N–H and O–H groups in total. The van der Waals surface area contributed by atoms with E-state index in [1.807, 2.05) is 0 Å². The van der Waals surface area contributed by atoms with Gasteiger partial charge in [0.05, 0.1) is 0 Å². The Kier molecular flexibility index (Phi) is 1.86. The molecule has 8 heteroatoms. The molecule has 0 spiro atoms. The lowest BCUT2D eigenvalue weighted by atomic mass is 9.82. The molecule has 2 atom stereocenters. The number of nitrogens with zero attached hydrogens (tertiary/aromatic N) is 5. The van der Waals surface area contributed by atoms with Crippen molar-refractivity contribution in [1.29, 1.82) is 5.26 Å². The predicted molar refractivity (Wildman–Crippen MR) is 53.2 cm³/mol. The van der Waals surface area contributed by atoms with Crippen LogP contribution in [0, 0.1) is 21.4 Å². The summed E-state index contributed by atoms with van der Waals surface area (Å²) in [6, 6.07) is 2.00. The first kappa shape index (κ1) is 10.0. The highest BCUT2D eigenvalue weighted by molar-refractivity contribution is 5.24. The van der Waals surface area contributed by atoms with Gasteiger partial charge in [-0.2, -0.15) is 5.26 Å². The molecule has 0 bridgehead atoms. The molecular formula is C9H9N5O3. The molecule has 8 nitrogen and oxygen atoms in total. The van der Waals surface area contributed by atoms with Crippen molar-refractivity contribution in [2.45, 2.75) is 37.3 Å². The van der Waals surface area contributed by atoms with Crippen molar-refractivity contribution in [2.75, 3.05) is 0 Å². The van der Waals surface area contributed by atoms with Crippen LogP contribution < -0.4 is 4.74 Å².